The number of carbonyl (C=O) groups is 2. The van der Waals surface area contributed by atoms with E-state index in [4.69, 9.17) is 0 Å². The Balaban J connectivity index is 1.61. The lowest BCUT2D eigenvalue weighted by Crippen LogP contribution is -2.37. The summed E-state index contributed by atoms with van der Waals surface area (Å²) in [5, 5.41) is 2.97. The van der Waals surface area contributed by atoms with Gasteiger partial charge in [0, 0.05) is 29.2 Å². The molecule has 0 aromatic heterocycles. The summed E-state index contributed by atoms with van der Waals surface area (Å²) in [6.45, 7) is 2.57. The van der Waals surface area contributed by atoms with Crippen LogP contribution in [0.1, 0.15) is 50.5 Å². The molecule has 0 spiro atoms. The van der Waals surface area contributed by atoms with Gasteiger partial charge < -0.3 is 10.2 Å². The SMILES string of the molecule is Cc1cc(NC(=O)C2CC(=O)N(C3CCCCCC3)C2)ccc1Br. The number of halogens is 1. The highest BCUT2D eigenvalue weighted by molar-refractivity contribution is 9.10. The van der Waals surface area contributed by atoms with Crippen molar-refractivity contribution in [3.8, 4) is 0 Å². The lowest BCUT2D eigenvalue weighted by molar-refractivity contribution is -0.130. The summed E-state index contributed by atoms with van der Waals surface area (Å²) in [5.41, 5.74) is 1.87. The number of likely N-dealkylation sites (tertiary alicyclic amines) is 1. The van der Waals surface area contributed by atoms with Crippen LogP contribution < -0.4 is 5.32 Å². The van der Waals surface area contributed by atoms with Crippen molar-refractivity contribution in [2.45, 2.75) is 57.9 Å². The largest absolute Gasteiger partial charge is 0.339 e. The second-order valence-electron chi connectivity index (χ2n) is 7.05. The van der Waals surface area contributed by atoms with Crippen LogP contribution in [0.5, 0.6) is 0 Å². The van der Waals surface area contributed by atoms with Crippen LogP contribution in [0.25, 0.3) is 0 Å². The molecule has 2 amide bonds. The quantitative estimate of drug-likeness (QED) is 0.780. The van der Waals surface area contributed by atoms with Gasteiger partial charge in [-0.15, -0.1) is 0 Å². The van der Waals surface area contributed by atoms with Gasteiger partial charge in [0.15, 0.2) is 0 Å². The summed E-state index contributed by atoms with van der Waals surface area (Å²) in [6, 6.07) is 6.10. The minimum Gasteiger partial charge on any atom is -0.339 e. The first-order valence-electron chi connectivity index (χ1n) is 8.91. The minimum absolute atomic E-state index is 0.0406. The molecule has 2 fully saturated rings. The van der Waals surface area contributed by atoms with E-state index in [0.717, 1.165) is 28.6 Å². The Morgan fingerprint density at radius 1 is 1.21 bits per heavy atom. The van der Waals surface area contributed by atoms with Crippen molar-refractivity contribution in [3.05, 3.63) is 28.2 Å². The third-order valence-corrected chi connectivity index (χ3v) is 6.11. The molecule has 1 aliphatic heterocycles. The molecule has 1 saturated carbocycles. The smallest absolute Gasteiger partial charge is 0.229 e. The Labute approximate surface area is 152 Å². The second-order valence-corrected chi connectivity index (χ2v) is 7.90. The summed E-state index contributed by atoms with van der Waals surface area (Å²) >= 11 is 3.46. The highest BCUT2D eigenvalue weighted by atomic mass is 79.9. The van der Waals surface area contributed by atoms with E-state index < -0.39 is 0 Å². The molecule has 1 heterocycles. The van der Waals surface area contributed by atoms with Crippen LogP contribution in [0.15, 0.2) is 22.7 Å². The van der Waals surface area contributed by atoms with Crippen LogP contribution in [-0.2, 0) is 9.59 Å². The zero-order valence-electron chi connectivity index (χ0n) is 14.2. The molecule has 4 nitrogen and oxygen atoms in total. The molecule has 130 valence electrons. The monoisotopic (exact) mass is 392 g/mol. The average molecular weight is 393 g/mol. The highest BCUT2D eigenvalue weighted by Crippen LogP contribution is 2.29. The predicted molar refractivity (Wildman–Crippen MR) is 98.8 cm³/mol. The van der Waals surface area contributed by atoms with Crippen molar-refractivity contribution < 1.29 is 9.59 Å². The third-order valence-electron chi connectivity index (χ3n) is 5.22. The Morgan fingerprint density at radius 2 is 1.92 bits per heavy atom. The molecule has 1 aromatic carbocycles. The molecular weight excluding hydrogens is 368 g/mol. The van der Waals surface area contributed by atoms with Crippen molar-refractivity contribution >= 4 is 33.4 Å². The normalized spacial score (nSPS) is 22.5. The van der Waals surface area contributed by atoms with Gasteiger partial charge in [-0.25, -0.2) is 0 Å². The Morgan fingerprint density at radius 3 is 2.58 bits per heavy atom. The molecule has 1 N–H and O–H groups in total. The highest BCUT2D eigenvalue weighted by Gasteiger charge is 2.37. The fourth-order valence-electron chi connectivity index (χ4n) is 3.80. The lowest BCUT2D eigenvalue weighted by atomic mass is 10.1. The van der Waals surface area contributed by atoms with Gasteiger partial charge in [-0.1, -0.05) is 41.6 Å². The topological polar surface area (TPSA) is 49.4 Å². The Bertz CT molecular complexity index is 624. The van der Waals surface area contributed by atoms with E-state index in [0.29, 0.717) is 19.0 Å². The maximum Gasteiger partial charge on any atom is 0.229 e. The van der Waals surface area contributed by atoms with Gasteiger partial charge in [-0.2, -0.15) is 0 Å². The summed E-state index contributed by atoms with van der Waals surface area (Å²) in [4.78, 5) is 26.9. The first kappa shape index (κ1) is 17.5. The van der Waals surface area contributed by atoms with Gasteiger partial charge in [0.2, 0.25) is 11.8 Å². The number of nitrogens with one attached hydrogen (secondary N) is 1. The van der Waals surface area contributed by atoms with E-state index in [2.05, 4.69) is 21.2 Å². The number of rotatable bonds is 3. The van der Waals surface area contributed by atoms with Crippen molar-refractivity contribution in [1.29, 1.82) is 0 Å². The van der Waals surface area contributed by atoms with E-state index in [-0.39, 0.29) is 17.7 Å². The maximum atomic E-state index is 12.6. The van der Waals surface area contributed by atoms with Crippen LogP contribution in [0.2, 0.25) is 0 Å². The molecule has 1 unspecified atom stereocenters. The minimum atomic E-state index is -0.232. The van der Waals surface area contributed by atoms with E-state index >= 15 is 0 Å². The summed E-state index contributed by atoms with van der Waals surface area (Å²) in [5.74, 6) is -0.125. The summed E-state index contributed by atoms with van der Waals surface area (Å²) < 4.78 is 1.02. The molecule has 3 rings (SSSR count). The number of amides is 2. The molecule has 1 saturated heterocycles. The molecule has 0 radical (unpaired) electrons. The molecule has 1 aromatic rings. The van der Waals surface area contributed by atoms with E-state index in [1.165, 1.54) is 25.7 Å². The van der Waals surface area contributed by atoms with Crippen molar-refractivity contribution in [3.63, 3.8) is 0 Å². The molecular formula is C19H25BrN2O2. The molecule has 1 atom stereocenters. The Hall–Kier alpha value is -1.36. The fraction of sp³-hybridized carbons (Fsp3) is 0.579. The van der Waals surface area contributed by atoms with Crippen molar-refractivity contribution in [2.24, 2.45) is 5.92 Å². The van der Waals surface area contributed by atoms with Crippen LogP contribution in [0.3, 0.4) is 0 Å². The maximum absolute atomic E-state index is 12.6. The lowest BCUT2D eigenvalue weighted by Gasteiger charge is -2.27. The number of carbonyl (C=O) groups excluding carboxylic acids is 2. The van der Waals surface area contributed by atoms with Gasteiger partial charge in [0.05, 0.1) is 5.92 Å². The molecule has 5 heteroatoms. The molecule has 24 heavy (non-hydrogen) atoms. The van der Waals surface area contributed by atoms with Crippen LogP contribution in [0, 0.1) is 12.8 Å². The van der Waals surface area contributed by atoms with Crippen LogP contribution in [0.4, 0.5) is 5.69 Å². The molecule has 0 bridgehead atoms. The Kier molecular flexibility index (Phi) is 5.59. The first-order valence-corrected chi connectivity index (χ1v) is 9.70. The number of hydrogen-bond donors (Lipinski definition) is 1. The van der Waals surface area contributed by atoms with Gasteiger partial charge in [0.25, 0.3) is 0 Å². The fourth-order valence-corrected chi connectivity index (χ4v) is 4.04. The number of hydrogen-bond acceptors (Lipinski definition) is 2. The number of aryl methyl sites for hydroxylation is 1. The summed E-state index contributed by atoms with van der Waals surface area (Å²) in [6.07, 6.45) is 7.46. The number of benzene rings is 1. The number of anilines is 1. The third kappa shape index (κ3) is 4.00. The van der Waals surface area contributed by atoms with Gasteiger partial charge in [-0.3, -0.25) is 9.59 Å². The van der Waals surface area contributed by atoms with Crippen molar-refractivity contribution in [1.82, 2.24) is 4.90 Å². The molecule has 2 aliphatic rings. The van der Waals surface area contributed by atoms with Crippen LogP contribution in [-0.4, -0.2) is 29.3 Å². The van der Waals surface area contributed by atoms with Crippen molar-refractivity contribution in [2.75, 3.05) is 11.9 Å². The zero-order valence-corrected chi connectivity index (χ0v) is 15.8. The number of nitrogens with zero attached hydrogens (tertiary/aromatic N) is 1. The van der Waals surface area contributed by atoms with E-state index in [1.807, 2.05) is 30.0 Å². The average Bonchev–Trinajstić information content (AvgIpc) is 2.77. The molecule has 1 aliphatic carbocycles. The van der Waals surface area contributed by atoms with Gasteiger partial charge in [-0.05, 0) is 43.5 Å². The van der Waals surface area contributed by atoms with E-state index in [9.17, 15) is 9.59 Å². The van der Waals surface area contributed by atoms with Gasteiger partial charge in [0.1, 0.15) is 0 Å². The zero-order chi connectivity index (χ0) is 17.1. The van der Waals surface area contributed by atoms with Gasteiger partial charge >= 0.3 is 0 Å². The standard InChI is InChI=1S/C19H25BrN2O2/c1-13-10-15(8-9-17(13)20)21-19(24)14-11-18(23)22(12-14)16-6-4-2-3-5-7-16/h8-10,14,16H,2-7,11-12H2,1H3,(H,21,24). The first-order chi connectivity index (χ1) is 11.5. The van der Waals surface area contributed by atoms with Crippen LogP contribution >= 0.6 is 15.9 Å². The summed E-state index contributed by atoms with van der Waals surface area (Å²) in [7, 11) is 0. The predicted octanol–water partition coefficient (Wildman–Crippen LogP) is 4.27. The van der Waals surface area contributed by atoms with E-state index in [1.54, 1.807) is 0 Å². The second kappa shape index (κ2) is 7.68.